The Morgan fingerprint density at radius 2 is 0.662 bits per heavy atom. The maximum Gasteiger partial charge on any atom is 0.306 e. The first-order valence-electron chi connectivity index (χ1n) is 33.8. The average molecular weight is 1090 g/mol. The molecule has 0 aromatic rings. The van der Waals surface area contributed by atoms with Crippen LogP contribution >= 0.6 is 0 Å². The molecule has 0 bridgehead atoms. The summed E-state index contributed by atoms with van der Waals surface area (Å²) in [4.78, 5) is 37.4. The molecule has 0 aromatic heterocycles. The Morgan fingerprint density at radius 1 is 0.377 bits per heavy atom. The molecule has 77 heavy (non-hydrogen) atoms. The van der Waals surface area contributed by atoms with Crippen LogP contribution in [0.1, 0.15) is 348 Å². The monoisotopic (exact) mass is 1090 g/mol. The summed E-state index contributed by atoms with van der Waals surface area (Å²) in [7, 11) is 5.94. The largest absolute Gasteiger partial charge is 0.545 e. The highest BCUT2D eigenvalue weighted by molar-refractivity contribution is 5.70. The van der Waals surface area contributed by atoms with Crippen molar-refractivity contribution >= 4 is 17.9 Å². The summed E-state index contributed by atoms with van der Waals surface area (Å²) in [6.45, 7) is 4.82. The van der Waals surface area contributed by atoms with E-state index < -0.39 is 24.3 Å². The summed E-state index contributed by atoms with van der Waals surface area (Å²) in [5.41, 5.74) is 0. The van der Waals surface area contributed by atoms with Gasteiger partial charge >= 0.3 is 11.9 Å². The van der Waals surface area contributed by atoms with E-state index in [2.05, 4.69) is 26.0 Å². The fourth-order valence-corrected chi connectivity index (χ4v) is 10.3. The summed E-state index contributed by atoms with van der Waals surface area (Å²) in [5, 5.41) is 11.8. The van der Waals surface area contributed by atoms with Crippen LogP contribution in [0, 0.1) is 0 Å². The number of likely N-dealkylation sites (N-methyl/N-ethyl adjacent to an activating group) is 1. The molecule has 9 heteroatoms. The molecule has 0 spiro atoms. The van der Waals surface area contributed by atoms with Crippen molar-refractivity contribution in [1.82, 2.24) is 0 Å². The van der Waals surface area contributed by atoms with Gasteiger partial charge in [0.15, 0.2) is 12.4 Å². The first kappa shape index (κ1) is 75.0. The van der Waals surface area contributed by atoms with Gasteiger partial charge < -0.3 is 33.3 Å². The Labute approximate surface area is 478 Å². The number of quaternary nitrogens is 1. The predicted molar refractivity (Wildman–Crippen MR) is 325 cm³/mol. The van der Waals surface area contributed by atoms with Crippen molar-refractivity contribution in [3.05, 3.63) is 12.2 Å². The van der Waals surface area contributed by atoms with Gasteiger partial charge in [0.25, 0.3) is 0 Å². The van der Waals surface area contributed by atoms with E-state index in [-0.39, 0.29) is 32.2 Å². The van der Waals surface area contributed by atoms with Crippen LogP contribution < -0.4 is 5.11 Å². The van der Waals surface area contributed by atoms with Gasteiger partial charge in [-0.05, 0) is 38.5 Å². The molecule has 0 saturated carbocycles. The summed E-state index contributed by atoms with van der Waals surface area (Å²) in [5.74, 6) is -2.26. The molecule has 2 atom stereocenters. The van der Waals surface area contributed by atoms with Crippen molar-refractivity contribution in [3.63, 3.8) is 0 Å². The lowest BCUT2D eigenvalue weighted by Crippen LogP contribution is -2.44. The second kappa shape index (κ2) is 60.1. The lowest BCUT2D eigenvalue weighted by Gasteiger charge is -2.26. The second-order valence-electron chi connectivity index (χ2n) is 24.5. The Balaban J connectivity index is 4.05. The van der Waals surface area contributed by atoms with Crippen molar-refractivity contribution in [2.45, 2.75) is 360 Å². The lowest BCUT2D eigenvalue weighted by atomic mass is 10.0. The Bertz CT molecular complexity index is 1270. The molecule has 456 valence electrons. The third-order valence-electron chi connectivity index (χ3n) is 15.5. The number of hydrogen-bond donors (Lipinski definition) is 0. The number of esters is 2. The van der Waals surface area contributed by atoms with Gasteiger partial charge in [0, 0.05) is 12.8 Å². The fraction of sp³-hybridized carbons (Fsp3) is 0.926. The highest BCUT2D eigenvalue weighted by Crippen LogP contribution is 2.19. The molecular formula is C68H131NO8. The SMILES string of the molecule is CCCCCCCCCC/C=C\CCCCCCCCCCCC(=O)OC(COC(=O)CCCCCCCCCCCCCCCCCCCCCCCCCCCCCCCCC)COC(OCC[N+](C)(C)C)C(=O)[O-]. The van der Waals surface area contributed by atoms with Gasteiger partial charge in [0.2, 0.25) is 0 Å². The van der Waals surface area contributed by atoms with E-state index in [9.17, 15) is 19.5 Å². The summed E-state index contributed by atoms with van der Waals surface area (Å²) >= 11 is 0. The van der Waals surface area contributed by atoms with E-state index in [1.807, 2.05) is 21.1 Å². The van der Waals surface area contributed by atoms with Gasteiger partial charge in [-0.1, -0.05) is 309 Å². The second-order valence-corrected chi connectivity index (χ2v) is 24.5. The van der Waals surface area contributed by atoms with Crippen LogP contribution in [0.5, 0.6) is 0 Å². The van der Waals surface area contributed by atoms with Crippen molar-refractivity contribution < 1.29 is 42.9 Å². The van der Waals surface area contributed by atoms with Crippen molar-refractivity contribution in [2.75, 3.05) is 47.5 Å². The summed E-state index contributed by atoms with van der Waals surface area (Å²) in [6, 6.07) is 0. The zero-order valence-electron chi connectivity index (χ0n) is 52.1. The normalized spacial score (nSPS) is 12.7. The number of rotatable bonds is 64. The van der Waals surface area contributed by atoms with E-state index in [1.165, 1.54) is 283 Å². The zero-order chi connectivity index (χ0) is 56.2. The molecule has 0 aromatic carbocycles. The first-order valence-corrected chi connectivity index (χ1v) is 33.8. The maximum atomic E-state index is 12.9. The number of aliphatic carboxylic acids is 1. The van der Waals surface area contributed by atoms with Crippen LogP contribution in [0.25, 0.3) is 0 Å². The molecule has 0 amide bonds. The average Bonchev–Trinajstić information content (AvgIpc) is 3.40. The molecule has 0 radical (unpaired) electrons. The van der Waals surface area contributed by atoms with Gasteiger partial charge in [-0.25, -0.2) is 0 Å². The van der Waals surface area contributed by atoms with Crippen LogP contribution in [0.4, 0.5) is 0 Å². The molecule has 0 fully saturated rings. The number of hydrogen-bond acceptors (Lipinski definition) is 8. The third-order valence-corrected chi connectivity index (χ3v) is 15.5. The Morgan fingerprint density at radius 3 is 0.961 bits per heavy atom. The summed E-state index contributed by atoms with van der Waals surface area (Å²) < 4.78 is 22.8. The highest BCUT2D eigenvalue weighted by atomic mass is 16.7. The van der Waals surface area contributed by atoms with Gasteiger partial charge in [-0.3, -0.25) is 9.59 Å². The molecular weight excluding hydrogens is 959 g/mol. The lowest BCUT2D eigenvalue weighted by molar-refractivity contribution is -0.870. The van der Waals surface area contributed by atoms with Crippen LogP contribution in [-0.4, -0.2) is 82.3 Å². The standard InChI is InChI=1S/C68H131NO8/c1-6-8-10-12-14-16-18-20-22-24-26-28-29-30-31-32-33-34-35-36-37-39-40-42-44-46-48-50-52-54-56-58-65(70)75-62-64(63-76-68(67(72)73)74-61-60-69(3,4)5)77-66(71)59-57-55-53-51-49-47-45-43-41-38-27-25-23-21-19-17-15-13-11-9-7-2/h25,27,64,68H,6-24,26,28-63H2,1-5H3/b27-25-. The molecule has 0 aliphatic rings. The minimum absolute atomic E-state index is 0.151. The highest BCUT2D eigenvalue weighted by Gasteiger charge is 2.22. The number of carboxylic acid groups (broad SMARTS) is 1. The molecule has 0 saturated heterocycles. The molecule has 0 rings (SSSR count). The fourth-order valence-electron chi connectivity index (χ4n) is 10.3. The van der Waals surface area contributed by atoms with E-state index in [1.54, 1.807) is 0 Å². The molecule has 0 heterocycles. The number of ether oxygens (including phenoxy) is 4. The number of nitrogens with zero attached hydrogens (tertiary/aromatic N) is 1. The van der Waals surface area contributed by atoms with Gasteiger partial charge in [-0.15, -0.1) is 0 Å². The Hall–Kier alpha value is -1.97. The quantitative estimate of drug-likeness (QED) is 0.0195. The van der Waals surface area contributed by atoms with E-state index in [0.717, 1.165) is 32.1 Å². The molecule has 0 aliphatic carbocycles. The van der Waals surface area contributed by atoms with Crippen molar-refractivity contribution in [2.24, 2.45) is 0 Å². The van der Waals surface area contributed by atoms with Crippen molar-refractivity contribution in [1.29, 1.82) is 0 Å². The molecule has 0 N–H and O–H groups in total. The van der Waals surface area contributed by atoms with E-state index in [4.69, 9.17) is 18.9 Å². The van der Waals surface area contributed by atoms with E-state index >= 15 is 0 Å². The number of unbranched alkanes of at least 4 members (excludes halogenated alkanes) is 47. The van der Waals surface area contributed by atoms with E-state index in [0.29, 0.717) is 23.9 Å². The number of carbonyl (C=O) groups is 3. The number of carbonyl (C=O) groups excluding carboxylic acids is 3. The topological polar surface area (TPSA) is 111 Å². The van der Waals surface area contributed by atoms with Crippen LogP contribution in [0.2, 0.25) is 0 Å². The van der Waals surface area contributed by atoms with Gasteiger partial charge in [-0.2, -0.15) is 0 Å². The minimum Gasteiger partial charge on any atom is -0.545 e. The number of carboxylic acids is 1. The summed E-state index contributed by atoms with van der Waals surface area (Å²) in [6.07, 6.45) is 68.7. The zero-order valence-corrected chi connectivity index (χ0v) is 52.1. The van der Waals surface area contributed by atoms with Crippen LogP contribution in [0.3, 0.4) is 0 Å². The third kappa shape index (κ3) is 61.5. The number of allylic oxidation sites excluding steroid dienone is 2. The van der Waals surface area contributed by atoms with Crippen LogP contribution in [0.15, 0.2) is 12.2 Å². The van der Waals surface area contributed by atoms with Crippen LogP contribution in [-0.2, 0) is 33.3 Å². The molecule has 0 aliphatic heterocycles. The molecule has 9 nitrogen and oxygen atoms in total. The minimum atomic E-state index is -1.62. The van der Waals surface area contributed by atoms with Crippen molar-refractivity contribution in [3.8, 4) is 0 Å². The predicted octanol–water partition coefficient (Wildman–Crippen LogP) is 19.1. The van der Waals surface area contributed by atoms with Gasteiger partial charge in [0.1, 0.15) is 13.2 Å². The Kier molecular flexibility index (Phi) is 58.6. The first-order chi connectivity index (χ1) is 37.6. The maximum absolute atomic E-state index is 12.9. The molecule has 2 unspecified atom stereocenters. The smallest absolute Gasteiger partial charge is 0.306 e. The van der Waals surface area contributed by atoms with Gasteiger partial charge in [0.05, 0.1) is 40.3 Å².